The van der Waals surface area contributed by atoms with Crippen molar-refractivity contribution in [3.63, 3.8) is 0 Å². The van der Waals surface area contributed by atoms with Crippen LogP contribution in [0.25, 0.3) is 0 Å². The van der Waals surface area contributed by atoms with Crippen molar-refractivity contribution in [2.75, 3.05) is 17.6 Å². The molecule has 0 aromatic heterocycles. The number of alkyl halides is 3. The van der Waals surface area contributed by atoms with Gasteiger partial charge in [0.1, 0.15) is 11.8 Å². The number of amides is 2. The number of ether oxygens (including phenoxy) is 1. The minimum absolute atomic E-state index is 0.141. The SMILES string of the molecule is Nc1cc(C(F)(F)F)ccc1NC(=O)C1CCC2(CC1)CN(C1CC=CC=N1)C(=O)O2. The van der Waals surface area contributed by atoms with Gasteiger partial charge in [-0.25, -0.2) is 4.79 Å². The fourth-order valence-electron chi connectivity index (χ4n) is 4.31. The largest absolute Gasteiger partial charge is 0.441 e. The van der Waals surface area contributed by atoms with Gasteiger partial charge in [-0.1, -0.05) is 6.08 Å². The molecule has 2 fully saturated rings. The van der Waals surface area contributed by atoms with Gasteiger partial charge in [-0.3, -0.25) is 14.7 Å². The van der Waals surface area contributed by atoms with E-state index in [-0.39, 0.29) is 29.4 Å². The second-order valence-electron chi connectivity index (χ2n) is 8.18. The summed E-state index contributed by atoms with van der Waals surface area (Å²) in [6.07, 6.45) is 3.00. The van der Waals surface area contributed by atoms with Crippen LogP contribution in [0, 0.1) is 5.92 Å². The summed E-state index contributed by atoms with van der Waals surface area (Å²) in [5.41, 5.74) is 4.22. The Kier molecular flexibility index (Phi) is 5.40. The van der Waals surface area contributed by atoms with E-state index >= 15 is 0 Å². The lowest BCUT2D eigenvalue weighted by Crippen LogP contribution is -2.42. The normalized spacial score (nSPS) is 28.1. The molecule has 1 aliphatic carbocycles. The minimum atomic E-state index is -4.50. The number of rotatable bonds is 3. The molecule has 2 heterocycles. The Morgan fingerprint density at radius 3 is 2.65 bits per heavy atom. The van der Waals surface area contributed by atoms with Crippen LogP contribution in [0.1, 0.15) is 37.7 Å². The molecule has 0 bridgehead atoms. The Morgan fingerprint density at radius 1 is 1.29 bits per heavy atom. The Balaban J connectivity index is 1.35. The molecule has 3 aliphatic rings. The van der Waals surface area contributed by atoms with Crippen molar-refractivity contribution in [2.45, 2.75) is 50.0 Å². The molecule has 1 spiro atoms. The molecule has 2 amide bonds. The highest BCUT2D eigenvalue weighted by Crippen LogP contribution is 2.41. The molecule has 4 rings (SSSR count). The Bertz CT molecular complexity index is 936. The van der Waals surface area contributed by atoms with Gasteiger partial charge in [-0.05, 0) is 50.0 Å². The van der Waals surface area contributed by atoms with E-state index in [1.807, 2.05) is 12.2 Å². The standard InChI is InChI=1S/C21H23F3N4O3/c22-21(23,24)14-4-5-16(15(25)11-14)27-18(29)13-6-8-20(9-7-13)12-28(19(30)31-20)17-3-1-2-10-26-17/h1-2,4-5,10-11,13,17H,3,6-9,12,25H2,(H,27,29). The maximum absolute atomic E-state index is 12.8. The quantitative estimate of drug-likeness (QED) is 0.701. The number of halogens is 3. The monoisotopic (exact) mass is 436 g/mol. The van der Waals surface area contributed by atoms with Crippen LogP contribution in [0.4, 0.5) is 29.3 Å². The average molecular weight is 436 g/mol. The Morgan fingerprint density at radius 2 is 2.03 bits per heavy atom. The van der Waals surface area contributed by atoms with Gasteiger partial charge in [0.2, 0.25) is 5.91 Å². The van der Waals surface area contributed by atoms with Crippen molar-refractivity contribution in [3.8, 4) is 0 Å². The maximum atomic E-state index is 12.8. The first-order valence-electron chi connectivity index (χ1n) is 10.1. The number of nitrogens with zero attached hydrogens (tertiary/aromatic N) is 2. The van der Waals surface area contributed by atoms with Crippen LogP contribution in [0.2, 0.25) is 0 Å². The molecule has 1 saturated carbocycles. The van der Waals surface area contributed by atoms with Crippen LogP contribution in [0.15, 0.2) is 35.3 Å². The van der Waals surface area contributed by atoms with E-state index in [0.29, 0.717) is 38.6 Å². The third-order valence-corrected chi connectivity index (χ3v) is 6.09. The summed E-state index contributed by atoms with van der Waals surface area (Å²) < 4.78 is 44.0. The third-order valence-electron chi connectivity index (χ3n) is 6.09. The van der Waals surface area contributed by atoms with Gasteiger partial charge in [0.05, 0.1) is 23.5 Å². The van der Waals surface area contributed by atoms with Gasteiger partial charge in [-0.2, -0.15) is 13.2 Å². The number of carbonyl (C=O) groups is 2. The van der Waals surface area contributed by atoms with E-state index in [4.69, 9.17) is 10.5 Å². The van der Waals surface area contributed by atoms with Crippen LogP contribution >= 0.6 is 0 Å². The summed E-state index contributed by atoms with van der Waals surface area (Å²) in [6.45, 7) is 0.432. The molecule has 31 heavy (non-hydrogen) atoms. The van der Waals surface area contributed by atoms with Crippen molar-refractivity contribution < 1.29 is 27.5 Å². The summed E-state index contributed by atoms with van der Waals surface area (Å²) in [6, 6.07) is 2.86. The molecule has 1 saturated heterocycles. The summed E-state index contributed by atoms with van der Waals surface area (Å²) in [5, 5.41) is 2.63. The lowest BCUT2D eigenvalue weighted by atomic mass is 9.78. The molecule has 166 valence electrons. The van der Waals surface area contributed by atoms with E-state index in [1.165, 1.54) is 0 Å². The molecule has 2 aliphatic heterocycles. The van der Waals surface area contributed by atoms with Crippen molar-refractivity contribution in [2.24, 2.45) is 10.9 Å². The maximum Gasteiger partial charge on any atom is 0.416 e. The summed E-state index contributed by atoms with van der Waals surface area (Å²) in [5.74, 6) is -0.639. The van der Waals surface area contributed by atoms with Gasteiger partial charge in [-0.15, -0.1) is 0 Å². The average Bonchev–Trinajstić information content (AvgIpc) is 3.05. The van der Waals surface area contributed by atoms with E-state index in [0.717, 1.165) is 18.2 Å². The first-order chi connectivity index (χ1) is 14.7. The third kappa shape index (κ3) is 4.38. The van der Waals surface area contributed by atoms with E-state index in [9.17, 15) is 22.8 Å². The topological polar surface area (TPSA) is 97.0 Å². The zero-order chi connectivity index (χ0) is 22.2. The summed E-state index contributed by atoms with van der Waals surface area (Å²) >= 11 is 0. The Labute approximate surface area is 177 Å². The molecule has 3 N–H and O–H groups in total. The first-order valence-corrected chi connectivity index (χ1v) is 10.1. The zero-order valence-corrected chi connectivity index (χ0v) is 16.7. The highest BCUT2D eigenvalue weighted by atomic mass is 19.4. The molecular formula is C21H23F3N4O3. The number of aliphatic imine (C=N–C) groups is 1. The van der Waals surface area contributed by atoms with E-state index < -0.39 is 23.4 Å². The Hall–Kier alpha value is -3.04. The van der Waals surface area contributed by atoms with Crippen LogP contribution in [-0.4, -0.2) is 41.4 Å². The summed E-state index contributed by atoms with van der Waals surface area (Å²) in [7, 11) is 0. The highest BCUT2D eigenvalue weighted by molar-refractivity contribution is 5.95. The van der Waals surface area contributed by atoms with Gasteiger partial charge >= 0.3 is 12.3 Å². The zero-order valence-electron chi connectivity index (χ0n) is 16.7. The second kappa shape index (κ2) is 7.90. The number of allylic oxidation sites excluding steroid dienone is 1. The van der Waals surface area contributed by atoms with Crippen LogP contribution in [0.5, 0.6) is 0 Å². The van der Waals surface area contributed by atoms with Crippen molar-refractivity contribution in [1.29, 1.82) is 0 Å². The van der Waals surface area contributed by atoms with Crippen molar-refractivity contribution >= 4 is 29.6 Å². The fraction of sp³-hybridized carbons (Fsp3) is 0.476. The van der Waals surface area contributed by atoms with E-state index in [1.54, 1.807) is 11.1 Å². The van der Waals surface area contributed by atoms with Crippen LogP contribution in [0.3, 0.4) is 0 Å². The lowest BCUT2D eigenvalue weighted by molar-refractivity contribution is -0.137. The van der Waals surface area contributed by atoms with Crippen LogP contribution < -0.4 is 11.1 Å². The predicted molar refractivity (Wildman–Crippen MR) is 108 cm³/mol. The van der Waals surface area contributed by atoms with Gasteiger partial charge < -0.3 is 15.8 Å². The molecule has 1 aromatic carbocycles. The van der Waals surface area contributed by atoms with Gasteiger partial charge in [0.25, 0.3) is 0 Å². The highest BCUT2D eigenvalue weighted by Gasteiger charge is 2.49. The number of benzene rings is 1. The van der Waals surface area contributed by atoms with E-state index in [2.05, 4.69) is 10.3 Å². The number of anilines is 2. The van der Waals surface area contributed by atoms with Crippen molar-refractivity contribution in [1.82, 2.24) is 4.90 Å². The molecular weight excluding hydrogens is 413 g/mol. The second-order valence-corrected chi connectivity index (χ2v) is 8.18. The number of hydrogen-bond acceptors (Lipinski definition) is 5. The van der Waals surface area contributed by atoms with Crippen LogP contribution in [-0.2, 0) is 15.7 Å². The van der Waals surface area contributed by atoms with Gasteiger partial charge in [0.15, 0.2) is 0 Å². The molecule has 0 radical (unpaired) electrons. The smallest absolute Gasteiger partial charge is 0.416 e. The minimum Gasteiger partial charge on any atom is -0.441 e. The lowest BCUT2D eigenvalue weighted by Gasteiger charge is -2.35. The molecule has 10 heteroatoms. The number of nitrogens with one attached hydrogen (secondary N) is 1. The van der Waals surface area contributed by atoms with Gasteiger partial charge in [0, 0.05) is 18.6 Å². The first kappa shape index (κ1) is 21.2. The molecule has 7 nitrogen and oxygen atoms in total. The predicted octanol–water partition coefficient (Wildman–Crippen LogP) is 3.96. The number of nitrogen functional groups attached to an aromatic ring is 1. The number of hydrogen-bond donors (Lipinski definition) is 2. The van der Waals surface area contributed by atoms with Crippen molar-refractivity contribution in [3.05, 3.63) is 35.9 Å². The number of nitrogens with two attached hydrogens (primary N) is 1. The number of dihydropyridines is 1. The molecule has 1 atom stereocenters. The number of carbonyl (C=O) groups excluding carboxylic acids is 2. The summed E-state index contributed by atoms with van der Waals surface area (Å²) in [4.78, 5) is 31.0. The molecule has 1 unspecified atom stereocenters. The molecule has 1 aromatic rings. The fourth-order valence-corrected chi connectivity index (χ4v) is 4.31.